The molecule has 0 aliphatic carbocycles. The van der Waals surface area contributed by atoms with Gasteiger partial charge >= 0.3 is 49.4 Å². The van der Waals surface area contributed by atoms with Crippen LogP contribution in [0.5, 0.6) is 0 Å². The van der Waals surface area contributed by atoms with Crippen LogP contribution in [0, 0.1) is 49.4 Å². The first-order valence-corrected chi connectivity index (χ1v) is 0. The van der Waals surface area contributed by atoms with Gasteiger partial charge in [0.15, 0.2) is 0 Å². The van der Waals surface area contributed by atoms with Crippen LogP contribution in [0.1, 0.15) is 0 Å². The van der Waals surface area contributed by atoms with Gasteiger partial charge in [-0.2, -0.15) is 0 Å². The predicted molar refractivity (Wildman–Crippen MR) is 0 cm³/mol. The standard InChI is InChI=1S/3ClH.Eu/h3*1H;/q;;;+2/p-3. The van der Waals surface area contributed by atoms with Gasteiger partial charge in [0.05, 0.1) is 0 Å². The van der Waals surface area contributed by atoms with E-state index < -0.39 is 0 Å². The fourth-order valence-corrected chi connectivity index (χ4v) is 0. The second kappa shape index (κ2) is 18.0. The van der Waals surface area contributed by atoms with Crippen LogP contribution in [0.25, 0.3) is 0 Å². The average Bonchev–Trinajstić information content (AvgIpc) is 0. The quantitative estimate of drug-likeness (QED) is 0.405. The minimum atomic E-state index is 0. The van der Waals surface area contributed by atoms with Gasteiger partial charge in [0.2, 0.25) is 0 Å². The molecule has 4 heavy (non-hydrogen) atoms. The third-order valence-electron chi connectivity index (χ3n) is 0. The second-order valence-electron chi connectivity index (χ2n) is 0. The smallest absolute Gasteiger partial charge is 1.00 e. The molecule has 0 fully saturated rings. The molecular formula is Cl3Eu-. The Morgan fingerprint density at radius 1 is 0.500 bits per heavy atom. The zero-order valence-corrected chi connectivity index (χ0v) is 6.20. The Labute approximate surface area is 84.9 Å². The summed E-state index contributed by atoms with van der Waals surface area (Å²) in [4.78, 5) is 0. The van der Waals surface area contributed by atoms with E-state index in [1.807, 2.05) is 0 Å². The van der Waals surface area contributed by atoms with Gasteiger partial charge in [-0.05, 0) is 0 Å². The summed E-state index contributed by atoms with van der Waals surface area (Å²) in [7, 11) is 0. The second-order valence-corrected chi connectivity index (χ2v) is 0. The summed E-state index contributed by atoms with van der Waals surface area (Å²) in [6.45, 7) is 0. The van der Waals surface area contributed by atoms with E-state index in [9.17, 15) is 0 Å². The summed E-state index contributed by atoms with van der Waals surface area (Å²) >= 11 is 0. The van der Waals surface area contributed by atoms with Crippen molar-refractivity contribution in [3.63, 3.8) is 0 Å². The van der Waals surface area contributed by atoms with Crippen molar-refractivity contribution in [2.45, 2.75) is 0 Å². The molecule has 0 rings (SSSR count). The van der Waals surface area contributed by atoms with Crippen molar-refractivity contribution in [1.82, 2.24) is 0 Å². The van der Waals surface area contributed by atoms with E-state index in [2.05, 4.69) is 0 Å². The summed E-state index contributed by atoms with van der Waals surface area (Å²) in [5.41, 5.74) is 0. The largest absolute Gasteiger partial charge is 2.00 e. The van der Waals surface area contributed by atoms with Crippen LogP contribution in [0.4, 0.5) is 0 Å². The molecule has 0 saturated carbocycles. The molecule has 0 N–H and O–H groups in total. The molecule has 0 unspecified atom stereocenters. The van der Waals surface area contributed by atoms with Gasteiger partial charge in [-0.1, -0.05) is 0 Å². The molecule has 0 amide bonds. The molecule has 0 aromatic rings. The van der Waals surface area contributed by atoms with Crippen molar-refractivity contribution in [3.8, 4) is 0 Å². The van der Waals surface area contributed by atoms with Crippen LogP contribution in [0.15, 0.2) is 0 Å². The predicted octanol–water partition coefficient (Wildman–Crippen LogP) is -8.99. The monoisotopic (exact) mass is 258 g/mol. The number of hydrogen-bond acceptors (Lipinski definition) is 0. The van der Waals surface area contributed by atoms with Crippen LogP contribution >= 0.6 is 0 Å². The average molecular weight is 258 g/mol. The van der Waals surface area contributed by atoms with Crippen molar-refractivity contribution in [2.75, 3.05) is 0 Å². The zero-order valence-electron chi connectivity index (χ0n) is 1.51. The van der Waals surface area contributed by atoms with Crippen LogP contribution in [0.3, 0.4) is 0 Å². The number of hydrogen-bond donors (Lipinski definition) is 0. The van der Waals surface area contributed by atoms with Gasteiger partial charge in [-0.15, -0.1) is 0 Å². The van der Waals surface area contributed by atoms with Crippen molar-refractivity contribution < 1.29 is 86.6 Å². The first kappa shape index (κ1) is 31.9. The van der Waals surface area contributed by atoms with E-state index in [-0.39, 0.29) is 86.6 Å². The number of rotatable bonds is 0. The molecule has 0 atom stereocenters. The summed E-state index contributed by atoms with van der Waals surface area (Å²) in [6, 6.07) is 0. The molecule has 0 aliphatic heterocycles. The van der Waals surface area contributed by atoms with E-state index >= 15 is 0 Å². The first-order valence-electron chi connectivity index (χ1n) is 0. The van der Waals surface area contributed by atoms with Crippen molar-refractivity contribution in [3.05, 3.63) is 0 Å². The summed E-state index contributed by atoms with van der Waals surface area (Å²) in [5, 5.41) is 0. The van der Waals surface area contributed by atoms with E-state index in [4.69, 9.17) is 0 Å². The maximum Gasteiger partial charge on any atom is 2.00 e. The van der Waals surface area contributed by atoms with Crippen LogP contribution < -0.4 is 37.2 Å². The normalized spacial score (nSPS) is 0. The van der Waals surface area contributed by atoms with Gasteiger partial charge in [0, 0.05) is 0 Å². The Kier molecular flexibility index (Phi) is 143. The molecule has 0 saturated heterocycles. The van der Waals surface area contributed by atoms with Gasteiger partial charge in [0.1, 0.15) is 0 Å². The molecule has 29 valence electrons. The van der Waals surface area contributed by atoms with Gasteiger partial charge < -0.3 is 37.2 Å². The van der Waals surface area contributed by atoms with Crippen molar-refractivity contribution in [2.24, 2.45) is 0 Å². The topological polar surface area (TPSA) is 0 Å². The van der Waals surface area contributed by atoms with Crippen LogP contribution in [0.2, 0.25) is 0 Å². The number of halogens is 3. The Bertz CT molecular complexity index is 3.25. The Hall–Kier alpha value is 2.45. The molecule has 0 aromatic heterocycles. The molecule has 0 heterocycles. The Balaban J connectivity index is 0. The molecule has 1 radical (unpaired) electrons. The Morgan fingerprint density at radius 3 is 0.500 bits per heavy atom. The van der Waals surface area contributed by atoms with E-state index in [1.54, 1.807) is 0 Å². The molecule has 0 aromatic carbocycles. The van der Waals surface area contributed by atoms with Gasteiger partial charge in [-0.25, -0.2) is 0 Å². The first-order chi connectivity index (χ1) is 0. The van der Waals surface area contributed by atoms with E-state index in [0.717, 1.165) is 0 Å². The maximum atomic E-state index is 0. The molecule has 0 spiro atoms. The van der Waals surface area contributed by atoms with Crippen molar-refractivity contribution in [1.29, 1.82) is 0 Å². The van der Waals surface area contributed by atoms with Gasteiger partial charge in [0.25, 0.3) is 0 Å². The molecule has 0 aliphatic rings. The SMILES string of the molecule is [Cl-].[Cl-].[Cl-].[Eu+2]. The van der Waals surface area contributed by atoms with Crippen molar-refractivity contribution >= 4 is 0 Å². The zero-order chi connectivity index (χ0) is 0. The summed E-state index contributed by atoms with van der Waals surface area (Å²) in [5.74, 6) is 0. The van der Waals surface area contributed by atoms with E-state index in [0.29, 0.717) is 0 Å². The third kappa shape index (κ3) is 8.82. The Morgan fingerprint density at radius 2 is 0.500 bits per heavy atom. The van der Waals surface area contributed by atoms with Crippen LogP contribution in [-0.4, -0.2) is 0 Å². The van der Waals surface area contributed by atoms with Gasteiger partial charge in [-0.3, -0.25) is 0 Å². The fraction of sp³-hybridized carbons (Fsp3) is 0. The summed E-state index contributed by atoms with van der Waals surface area (Å²) in [6.07, 6.45) is 0. The fourth-order valence-electron chi connectivity index (χ4n) is 0. The van der Waals surface area contributed by atoms with E-state index in [1.165, 1.54) is 0 Å². The minimum Gasteiger partial charge on any atom is -1.00 e. The summed E-state index contributed by atoms with van der Waals surface area (Å²) < 4.78 is 0. The molecule has 0 bridgehead atoms. The minimum absolute atomic E-state index is 0. The van der Waals surface area contributed by atoms with Crippen LogP contribution in [-0.2, 0) is 0 Å². The molecular weight excluding hydrogens is 258 g/mol. The third-order valence-corrected chi connectivity index (χ3v) is 0. The maximum absolute atomic E-state index is 0. The molecule has 0 nitrogen and oxygen atoms in total. The molecule has 4 heteroatoms.